The standard InChI is InChI=1S/C17H15NOS/c1-11-7-8-13(9-12(11)2)20-16-10-18-15-6-4-3-5-14(15)17(16)19/h3-10H,1-2H3,(H,18,19). The van der Waals surface area contributed by atoms with Crippen LogP contribution in [-0.4, -0.2) is 4.98 Å². The van der Waals surface area contributed by atoms with Gasteiger partial charge in [-0.25, -0.2) is 0 Å². The molecule has 20 heavy (non-hydrogen) atoms. The van der Waals surface area contributed by atoms with Crippen LogP contribution in [0.1, 0.15) is 11.1 Å². The van der Waals surface area contributed by atoms with Gasteiger partial charge < -0.3 is 4.98 Å². The summed E-state index contributed by atoms with van der Waals surface area (Å²) in [5, 5.41) is 0.737. The third-order valence-electron chi connectivity index (χ3n) is 3.46. The molecule has 0 aliphatic carbocycles. The van der Waals surface area contributed by atoms with Crippen molar-refractivity contribution in [2.45, 2.75) is 23.6 Å². The molecule has 1 heterocycles. The molecule has 100 valence electrons. The lowest BCUT2D eigenvalue weighted by atomic mass is 10.1. The molecule has 0 fully saturated rings. The minimum atomic E-state index is 0.0857. The Morgan fingerprint density at radius 1 is 1.00 bits per heavy atom. The number of nitrogens with one attached hydrogen (secondary N) is 1. The molecule has 0 unspecified atom stereocenters. The molecular weight excluding hydrogens is 266 g/mol. The van der Waals surface area contributed by atoms with Crippen molar-refractivity contribution in [2.75, 3.05) is 0 Å². The van der Waals surface area contributed by atoms with Crippen LogP contribution in [0.15, 0.2) is 63.2 Å². The number of benzene rings is 2. The van der Waals surface area contributed by atoms with Gasteiger partial charge in [0.2, 0.25) is 5.43 Å². The van der Waals surface area contributed by atoms with E-state index >= 15 is 0 Å². The highest BCUT2D eigenvalue weighted by Crippen LogP contribution is 2.27. The van der Waals surface area contributed by atoms with Crippen LogP contribution < -0.4 is 5.43 Å². The number of aryl methyl sites for hydroxylation is 2. The molecule has 0 saturated carbocycles. The first-order valence-electron chi connectivity index (χ1n) is 6.51. The van der Waals surface area contributed by atoms with Crippen molar-refractivity contribution in [3.63, 3.8) is 0 Å². The normalized spacial score (nSPS) is 10.9. The summed E-state index contributed by atoms with van der Waals surface area (Å²) < 4.78 is 0. The van der Waals surface area contributed by atoms with Crippen LogP contribution in [0.2, 0.25) is 0 Å². The van der Waals surface area contributed by atoms with Gasteiger partial charge in [0.15, 0.2) is 0 Å². The van der Waals surface area contributed by atoms with Crippen molar-refractivity contribution in [1.29, 1.82) is 0 Å². The molecular formula is C17H15NOS. The molecule has 0 saturated heterocycles. The predicted octanol–water partition coefficient (Wildman–Crippen LogP) is 4.30. The fourth-order valence-electron chi connectivity index (χ4n) is 2.13. The second-order valence-electron chi connectivity index (χ2n) is 4.88. The number of aromatic nitrogens is 1. The largest absolute Gasteiger partial charge is 0.360 e. The van der Waals surface area contributed by atoms with Crippen molar-refractivity contribution in [2.24, 2.45) is 0 Å². The Morgan fingerprint density at radius 2 is 1.80 bits per heavy atom. The first-order chi connectivity index (χ1) is 9.65. The van der Waals surface area contributed by atoms with E-state index in [-0.39, 0.29) is 5.43 Å². The van der Waals surface area contributed by atoms with Crippen LogP contribution in [-0.2, 0) is 0 Å². The van der Waals surface area contributed by atoms with Crippen molar-refractivity contribution >= 4 is 22.7 Å². The number of H-pyrrole nitrogens is 1. The molecule has 0 radical (unpaired) electrons. The Hall–Kier alpha value is -2.00. The molecule has 3 heteroatoms. The number of rotatable bonds is 2. The number of hydrogen-bond acceptors (Lipinski definition) is 2. The maximum absolute atomic E-state index is 12.4. The zero-order valence-corrected chi connectivity index (χ0v) is 12.3. The van der Waals surface area contributed by atoms with Gasteiger partial charge in [-0.05, 0) is 49.2 Å². The lowest BCUT2D eigenvalue weighted by molar-refractivity contribution is 1.24. The van der Waals surface area contributed by atoms with E-state index in [9.17, 15) is 4.79 Å². The lowest BCUT2D eigenvalue weighted by Gasteiger charge is -2.06. The molecule has 3 aromatic rings. The summed E-state index contributed by atoms with van der Waals surface area (Å²) in [6, 6.07) is 13.9. The van der Waals surface area contributed by atoms with Crippen LogP contribution in [0.4, 0.5) is 0 Å². The van der Waals surface area contributed by atoms with Crippen molar-refractivity contribution < 1.29 is 0 Å². The molecule has 1 aromatic heterocycles. The number of fused-ring (bicyclic) bond motifs is 1. The molecule has 0 spiro atoms. The van der Waals surface area contributed by atoms with Gasteiger partial charge in [0.25, 0.3) is 0 Å². The van der Waals surface area contributed by atoms with E-state index in [4.69, 9.17) is 0 Å². The Morgan fingerprint density at radius 3 is 2.60 bits per heavy atom. The van der Waals surface area contributed by atoms with Crippen LogP contribution in [0.25, 0.3) is 10.9 Å². The summed E-state index contributed by atoms with van der Waals surface area (Å²) in [6.07, 6.45) is 1.80. The summed E-state index contributed by atoms with van der Waals surface area (Å²) in [5.41, 5.74) is 3.47. The third-order valence-corrected chi connectivity index (χ3v) is 4.47. The summed E-state index contributed by atoms with van der Waals surface area (Å²) >= 11 is 1.51. The van der Waals surface area contributed by atoms with Gasteiger partial charge in [0.1, 0.15) is 0 Å². The number of pyridine rings is 1. The SMILES string of the molecule is Cc1ccc(Sc2c[nH]c3ccccc3c2=O)cc1C. The molecule has 0 atom stereocenters. The van der Waals surface area contributed by atoms with Gasteiger partial charge in [0.05, 0.1) is 4.90 Å². The topological polar surface area (TPSA) is 32.9 Å². The summed E-state index contributed by atoms with van der Waals surface area (Å²) in [6.45, 7) is 4.18. The predicted molar refractivity (Wildman–Crippen MR) is 84.6 cm³/mol. The summed E-state index contributed by atoms with van der Waals surface area (Å²) in [5.74, 6) is 0. The average molecular weight is 281 g/mol. The first-order valence-corrected chi connectivity index (χ1v) is 7.32. The van der Waals surface area contributed by atoms with E-state index in [2.05, 4.69) is 37.0 Å². The smallest absolute Gasteiger partial charge is 0.203 e. The van der Waals surface area contributed by atoms with Crippen LogP contribution in [0.3, 0.4) is 0 Å². The minimum Gasteiger partial charge on any atom is -0.360 e. The highest BCUT2D eigenvalue weighted by molar-refractivity contribution is 7.99. The Balaban J connectivity index is 2.04. The number of hydrogen-bond donors (Lipinski definition) is 1. The maximum Gasteiger partial charge on any atom is 0.203 e. The number of aromatic amines is 1. The van der Waals surface area contributed by atoms with E-state index in [0.717, 1.165) is 20.7 Å². The fourth-order valence-corrected chi connectivity index (χ4v) is 3.07. The van der Waals surface area contributed by atoms with Gasteiger partial charge in [-0.1, -0.05) is 30.0 Å². The van der Waals surface area contributed by atoms with Crippen molar-refractivity contribution in [1.82, 2.24) is 4.98 Å². The molecule has 2 aromatic carbocycles. The monoisotopic (exact) mass is 281 g/mol. The van der Waals surface area contributed by atoms with E-state index < -0.39 is 0 Å². The fraction of sp³-hybridized carbons (Fsp3) is 0.118. The molecule has 2 nitrogen and oxygen atoms in total. The van der Waals surface area contributed by atoms with Crippen LogP contribution >= 0.6 is 11.8 Å². The zero-order chi connectivity index (χ0) is 14.1. The molecule has 0 aliphatic rings. The minimum absolute atomic E-state index is 0.0857. The van der Waals surface area contributed by atoms with Gasteiger partial charge in [0, 0.05) is 22.0 Å². The Labute approximate surface area is 121 Å². The summed E-state index contributed by atoms with van der Waals surface area (Å²) in [7, 11) is 0. The second kappa shape index (κ2) is 5.17. The van der Waals surface area contributed by atoms with Crippen LogP contribution in [0.5, 0.6) is 0 Å². The zero-order valence-electron chi connectivity index (χ0n) is 11.4. The quantitative estimate of drug-likeness (QED) is 0.760. The second-order valence-corrected chi connectivity index (χ2v) is 5.99. The van der Waals surface area contributed by atoms with Crippen molar-refractivity contribution in [3.05, 3.63) is 70.0 Å². The Kier molecular flexibility index (Phi) is 3.36. The van der Waals surface area contributed by atoms with Gasteiger partial charge in [-0.2, -0.15) is 0 Å². The highest BCUT2D eigenvalue weighted by atomic mass is 32.2. The average Bonchev–Trinajstić information content (AvgIpc) is 2.46. The molecule has 0 amide bonds. The maximum atomic E-state index is 12.4. The van der Waals surface area contributed by atoms with E-state index in [1.54, 1.807) is 6.20 Å². The summed E-state index contributed by atoms with van der Waals surface area (Å²) in [4.78, 5) is 17.4. The molecule has 1 N–H and O–H groups in total. The van der Waals surface area contributed by atoms with E-state index in [1.807, 2.05) is 24.3 Å². The third kappa shape index (κ3) is 2.37. The van der Waals surface area contributed by atoms with Crippen LogP contribution in [0, 0.1) is 13.8 Å². The molecule has 0 aliphatic heterocycles. The number of para-hydroxylation sites is 1. The van der Waals surface area contributed by atoms with Gasteiger partial charge >= 0.3 is 0 Å². The van der Waals surface area contributed by atoms with Gasteiger partial charge in [-0.15, -0.1) is 0 Å². The first kappa shape index (κ1) is 13.0. The lowest BCUT2D eigenvalue weighted by Crippen LogP contribution is -2.05. The molecule has 0 bridgehead atoms. The highest BCUT2D eigenvalue weighted by Gasteiger charge is 2.07. The van der Waals surface area contributed by atoms with Crippen molar-refractivity contribution in [3.8, 4) is 0 Å². The molecule has 3 rings (SSSR count). The van der Waals surface area contributed by atoms with E-state index in [1.165, 1.54) is 22.9 Å². The van der Waals surface area contributed by atoms with Gasteiger partial charge in [-0.3, -0.25) is 4.79 Å². The van der Waals surface area contributed by atoms with E-state index in [0.29, 0.717) is 0 Å². The Bertz CT molecular complexity index is 836.